The molecule has 12 nitrogen and oxygen atoms in total. The lowest BCUT2D eigenvalue weighted by Gasteiger charge is -2.25. The number of para-hydroxylation sites is 2. The summed E-state index contributed by atoms with van der Waals surface area (Å²) >= 11 is 1.28. The summed E-state index contributed by atoms with van der Waals surface area (Å²) in [7, 11) is -4.01. The molecule has 1 aromatic carbocycles. The summed E-state index contributed by atoms with van der Waals surface area (Å²) in [6.45, 7) is 1.61. The Morgan fingerprint density at radius 1 is 1.07 bits per heavy atom. The number of fused-ring (bicyclic) bond motifs is 1. The molecular weight excluding hydrogens is 631 g/mol. The lowest BCUT2D eigenvalue weighted by atomic mass is 9.97. The van der Waals surface area contributed by atoms with Crippen LogP contribution in [-0.4, -0.2) is 71.6 Å². The molecular formula is C32H37N5O7S2. The molecule has 46 heavy (non-hydrogen) atoms. The third-order valence-corrected chi connectivity index (χ3v) is 11.6. The maximum Gasteiger partial charge on any atom is 0.271 e. The first-order valence-corrected chi connectivity index (χ1v) is 17.9. The highest BCUT2D eigenvalue weighted by Gasteiger charge is 2.38. The zero-order valence-electron chi connectivity index (χ0n) is 25.5. The first kappa shape index (κ1) is 32.1. The maximum atomic E-state index is 13.7. The van der Waals surface area contributed by atoms with Crippen molar-refractivity contribution in [2.75, 3.05) is 13.2 Å². The number of hydrogen-bond acceptors (Lipinski definition) is 10. The van der Waals surface area contributed by atoms with Crippen molar-refractivity contribution in [1.29, 1.82) is 0 Å². The van der Waals surface area contributed by atoms with Crippen molar-refractivity contribution < 1.29 is 32.3 Å². The van der Waals surface area contributed by atoms with Crippen LogP contribution in [0.4, 0.5) is 0 Å². The van der Waals surface area contributed by atoms with Crippen LogP contribution in [0.1, 0.15) is 73.5 Å². The van der Waals surface area contributed by atoms with E-state index in [-0.39, 0.29) is 36.2 Å². The van der Waals surface area contributed by atoms with E-state index in [0.29, 0.717) is 29.3 Å². The summed E-state index contributed by atoms with van der Waals surface area (Å²) < 4.78 is 39.6. The Bertz CT molecular complexity index is 1680. The standard InChI is InChI=1S/C32H37N5O7S2/c1-20-13-14-22(25(38)17-37(20)46(41,42)29-12-6-7-15-33-29)34-30(39)23(16-21-8-2-3-9-21)35-31(40)24-19-45-32(36-24)28-18-43-26-10-4-5-11-27(26)44-28/h4-7,10-12,15,19-23,28H,2-3,8-9,13-14,16-18H2,1H3,(H,34,39)(H,35,40)/t20-,22+,23?,28+/m1/s1. The number of ketones is 1. The Labute approximate surface area is 272 Å². The fourth-order valence-electron chi connectivity index (χ4n) is 6.22. The van der Waals surface area contributed by atoms with E-state index < -0.39 is 51.9 Å². The molecule has 244 valence electrons. The summed E-state index contributed by atoms with van der Waals surface area (Å²) in [6, 6.07) is 9.70. The van der Waals surface area contributed by atoms with Crippen molar-refractivity contribution in [1.82, 2.24) is 24.9 Å². The van der Waals surface area contributed by atoms with E-state index in [2.05, 4.69) is 20.6 Å². The van der Waals surface area contributed by atoms with Gasteiger partial charge in [-0.05, 0) is 56.4 Å². The Morgan fingerprint density at radius 2 is 1.83 bits per heavy atom. The highest BCUT2D eigenvalue weighted by atomic mass is 32.2. The van der Waals surface area contributed by atoms with E-state index in [9.17, 15) is 22.8 Å². The summed E-state index contributed by atoms with van der Waals surface area (Å²) in [5.41, 5.74) is 0.168. The fraction of sp³-hybridized carbons (Fsp3) is 0.469. The van der Waals surface area contributed by atoms with Gasteiger partial charge in [-0.2, -0.15) is 4.31 Å². The quantitative estimate of drug-likeness (QED) is 0.348. The first-order valence-electron chi connectivity index (χ1n) is 15.6. The normalized spacial score (nSPS) is 23.0. The molecule has 14 heteroatoms. The minimum atomic E-state index is -4.01. The topological polar surface area (TPSA) is 157 Å². The zero-order chi connectivity index (χ0) is 32.3. The average Bonchev–Trinajstić information content (AvgIpc) is 3.75. The van der Waals surface area contributed by atoms with E-state index in [4.69, 9.17) is 9.47 Å². The van der Waals surface area contributed by atoms with Gasteiger partial charge in [0.2, 0.25) is 5.91 Å². The largest absolute Gasteiger partial charge is 0.485 e. The highest BCUT2D eigenvalue weighted by Crippen LogP contribution is 2.36. The predicted octanol–water partition coefficient (Wildman–Crippen LogP) is 3.66. The average molecular weight is 668 g/mol. The molecule has 1 unspecified atom stereocenters. The van der Waals surface area contributed by atoms with Crippen molar-refractivity contribution in [3.8, 4) is 11.5 Å². The van der Waals surface area contributed by atoms with Gasteiger partial charge in [-0.1, -0.05) is 43.9 Å². The van der Waals surface area contributed by atoms with Gasteiger partial charge in [0.1, 0.15) is 23.4 Å². The van der Waals surface area contributed by atoms with Crippen LogP contribution in [0.2, 0.25) is 0 Å². The number of thiazole rings is 1. The molecule has 2 aliphatic heterocycles. The van der Waals surface area contributed by atoms with Crippen LogP contribution in [0.5, 0.6) is 11.5 Å². The van der Waals surface area contributed by atoms with Crippen LogP contribution in [0, 0.1) is 5.92 Å². The molecule has 2 fully saturated rings. The van der Waals surface area contributed by atoms with Crippen molar-refractivity contribution in [3.63, 3.8) is 0 Å². The molecule has 1 aliphatic carbocycles. The van der Waals surface area contributed by atoms with Crippen molar-refractivity contribution in [2.45, 2.75) is 81.1 Å². The van der Waals surface area contributed by atoms with Crippen LogP contribution >= 0.6 is 11.3 Å². The maximum absolute atomic E-state index is 13.7. The second-order valence-corrected chi connectivity index (χ2v) is 14.7. The molecule has 2 amide bonds. The van der Waals surface area contributed by atoms with Gasteiger partial charge in [0.05, 0.1) is 12.6 Å². The van der Waals surface area contributed by atoms with Gasteiger partial charge in [-0.25, -0.2) is 18.4 Å². The summed E-state index contributed by atoms with van der Waals surface area (Å²) in [5, 5.41) is 7.80. The van der Waals surface area contributed by atoms with E-state index in [1.165, 1.54) is 23.6 Å². The fourth-order valence-corrected chi connectivity index (χ4v) is 8.60. The minimum absolute atomic E-state index is 0.130. The van der Waals surface area contributed by atoms with Crippen molar-refractivity contribution >= 4 is 39.0 Å². The molecule has 3 aromatic rings. The van der Waals surface area contributed by atoms with Crippen LogP contribution in [0.25, 0.3) is 0 Å². The molecule has 3 aliphatic rings. The van der Waals surface area contributed by atoms with Crippen LogP contribution in [0.15, 0.2) is 59.1 Å². The molecule has 0 radical (unpaired) electrons. The lowest BCUT2D eigenvalue weighted by molar-refractivity contribution is -0.129. The number of ether oxygens (including phenoxy) is 2. The van der Waals surface area contributed by atoms with Crippen molar-refractivity contribution in [3.05, 3.63) is 64.7 Å². The van der Waals surface area contributed by atoms with Crippen LogP contribution in [-0.2, 0) is 19.6 Å². The van der Waals surface area contributed by atoms with E-state index in [1.54, 1.807) is 24.4 Å². The Hall–Kier alpha value is -3.88. The number of Topliss-reactive ketones (excluding diaryl/α,β-unsaturated/α-hetero) is 1. The molecule has 0 bridgehead atoms. The number of benzene rings is 1. The molecule has 2 N–H and O–H groups in total. The van der Waals surface area contributed by atoms with Crippen molar-refractivity contribution in [2.24, 2.45) is 5.92 Å². The number of pyridine rings is 1. The highest BCUT2D eigenvalue weighted by molar-refractivity contribution is 7.89. The number of nitrogens with one attached hydrogen (secondary N) is 2. The van der Waals surface area contributed by atoms with Crippen LogP contribution < -0.4 is 20.1 Å². The van der Waals surface area contributed by atoms with Crippen LogP contribution in [0.3, 0.4) is 0 Å². The van der Waals surface area contributed by atoms with E-state index in [0.717, 1.165) is 30.0 Å². The summed E-state index contributed by atoms with van der Waals surface area (Å²) in [4.78, 5) is 49.0. The Kier molecular flexibility index (Phi) is 9.66. The lowest BCUT2D eigenvalue weighted by Crippen LogP contribution is -2.53. The third-order valence-electron chi connectivity index (χ3n) is 8.80. The monoisotopic (exact) mass is 667 g/mol. The number of carbonyl (C=O) groups excluding carboxylic acids is 3. The zero-order valence-corrected chi connectivity index (χ0v) is 27.1. The second-order valence-electron chi connectivity index (χ2n) is 12.0. The number of aromatic nitrogens is 2. The Balaban J connectivity index is 1.13. The van der Waals surface area contributed by atoms with Gasteiger partial charge in [0.25, 0.3) is 15.9 Å². The minimum Gasteiger partial charge on any atom is -0.485 e. The smallest absolute Gasteiger partial charge is 0.271 e. The number of hydrogen-bond donors (Lipinski definition) is 2. The molecule has 6 rings (SSSR count). The Morgan fingerprint density at radius 3 is 2.59 bits per heavy atom. The predicted molar refractivity (Wildman–Crippen MR) is 169 cm³/mol. The van der Waals surface area contributed by atoms with Gasteiger partial charge < -0.3 is 20.1 Å². The molecule has 0 spiro atoms. The van der Waals surface area contributed by atoms with Gasteiger partial charge in [0, 0.05) is 17.6 Å². The molecule has 2 aromatic heterocycles. The SMILES string of the molecule is C[C@@H]1CC[C@H](NC(=O)C(CC2CCCC2)NC(=O)c2csc([C@@H]3COc4ccccc4O3)n2)C(=O)CN1S(=O)(=O)c1ccccn1. The number of sulfonamides is 1. The molecule has 1 saturated carbocycles. The molecule has 4 heterocycles. The first-order chi connectivity index (χ1) is 22.2. The van der Waals surface area contributed by atoms with Gasteiger partial charge in [0.15, 0.2) is 28.4 Å². The summed E-state index contributed by atoms with van der Waals surface area (Å²) in [6.07, 6.45) is 6.04. The van der Waals surface area contributed by atoms with Gasteiger partial charge in [-0.15, -0.1) is 11.3 Å². The summed E-state index contributed by atoms with van der Waals surface area (Å²) in [5.74, 6) is 0.142. The van der Waals surface area contributed by atoms with E-state index in [1.807, 2.05) is 24.3 Å². The van der Waals surface area contributed by atoms with Gasteiger partial charge in [-0.3, -0.25) is 14.4 Å². The number of nitrogens with zero attached hydrogens (tertiary/aromatic N) is 3. The molecule has 4 atom stereocenters. The number of carbonyl (C=O) groups is 3. The number of amides is 2. The van der Waals surface area contributed by atoms with E-state index >= 15 is 0 Å². The number of rotatable bonds is 9. The second kappa shape index (κ2) is 13.9. The third kappa shape index (κ3) is 7.08. The van der Waals surface area contributed by atoms with Gasteiger partial charge >= 0.3 is 0 Å². The molecule has 1 saturated heterocycles.